The SMILES string of the molecule is NCCC1NCCC1(F)F. The molecule has 3 N–H and O–H groups in total. The molecule has 60 valence electrons. The zero-order valence-corrected chi connectivity index (χ0v) is 5.74. The molecule has 1 rings (SSSR count). The maximum atomic E-state index is 12.7. The predicted octanol–water partition coefficient (Wildman–Crippen LogP) is 0.332. The summed E-state index contributed by atoms with van der Waals surface area (Å²) in [5, 5.41) is 2.72. The largest absolute Gasteiger partial charge is 0.330 e. The maximum Gasteiger partial charge on any atom is 0.264 e. The average Bonchev–Trinajstić information content (AvgIpc) is 2.13. The maximum absolute atomic E-state index is 12.7. The fourth-order valence-corrected chi connectivity index (χ4v) is 1.22. The van der Waals surface area contributed by atoms with Gasteiger partial charge in [-0.25, -0.2) is 8.78 Å². The molecule has 0 aromatic heterocycles. The molecule has 1 heterocycles. The van der Waals surface area contributed by atoms with E-state index in [1.165, 1.54) is 0 Å². The van der Waals surface area contributed by atoms with Crippen LogP contribution in [-0.4, -0.2) is 25.1 Å². The first-order chi connectivity index (χ1) is 4.67. The normalized spacial score (nSPS) is 30.9. The molecule has 0 saturated carbocycles. The van der Waals surface area contributed by atoms with Crippen LogP contribution in [-0.2, 0) is 0 Å². The second-order valence-corrected chi connectivity index (χ2v) is 2.60. The molecule has 0 aliphatic carbocycles. The van der Waals surface area contributed by atoms with E-state index in [1.54, 1.807) is 0 Å². The van der Waals surface area contributed by atoms with Gasteiger partial charge in [-0.3, -0.25) is 0 Å². The summed E-state index contributed by atoms with van der Waals surface area (Å²) < 4.78 is 25.4. The lowest BCUT2D eigenvalue weighted by Crippen LogP contribution is -2.37. The van der Waals surface area contributed by atoms with Crippen molar-refractivity contribution in [3.63, 3.8) is 0 Å². The number of halogens is 2. The van der Waals surface area contributed by atoms with Crippen molar-refractivity contribution in [2.45, 2.75) is 24.8 Å². The summed E-state index contributed by atoms with van der Waals surface area (Å²) in [5.74, 6) is -2.53. The zero-order chi connectivity index (χ0) is 7.61. The minimum atomic E-state index is -2.53. The monoisotopic (exact) mass is 150 g/mol. The molecule has 1 unspecified atom stereocenters. The van der Waals surface area contributed by atoms with Crippen molar-refractivity contribution >= 4 is 0 Å². The van der Waals surface area contributed by atoms with E-state index < -0.39 is 12.0 Å². The Morgan fingerprint density at radius 3 is 2.70 bits per heavy atom. The number of hydrogen-bond donors (Lipinski definition) is 2. The van der Waals surface area contributed by atoms with Crippen LogP contribution in [0.5, 0.6) is 0 Å². The van der Waals surface area contributed by atoms with Gasteiger partial charge >= 0.3 is 0 Å². The van der Waals surface area contributed by atoms with Crippen LogP contribution in [0.4, 0.5) is 8.78 Å². The van der Waals surface area contributed by atoms with Crippen LogP contribution < -0.4 is 11.1 Å². The van der Waals surface area contributed by atoms with Gasteiger partial charge in [-0.15, -0.1) is 0 Å². The molecular weight excluding hydrogens is 138 g/mol. The molecule has 1 aliphatic heterocycles. The summed E-state index contributed by atoms with van der Waals surface area (Å²) in [6, 6.07) is -0.683. The molecule has 0 spiro atoms. The van der Waals surface area contributed by atoms with Gasteiger partial charge < -0.3 is 11.1 Å². The highest BCUT2D eigenvalue weighted by molar-refractivity contribution is 4.90. The molecule has 1 aliphatic rings. The zero-order valence-electron chi connectivity index (χ0n) is 5.74. The molecule has 0 aromatic carbocycles. The van der Waals surface area contributed by atoms with Crippen molar-refractivity contribution in [2.75, 3.05) is 13.1 Å². The van der Waals surface area contributed by atoms with Crippen molar-refractivity contribution < 1.29 is 8.78 Å². The Kier molecular flexibility index (Phi) is 2.21. The molecule has 4 heteroatoms. The minimum absolute atomic E-state index is 0.0440. The Balaban J connectivity index is 2.43. The van der Waals surface area contributed by atoms with E-state index in [4.69, 9.17) is 5.73 Å². The van der Waals surface area contributed by atoms with Gasteiger partial charge in [0.15, 0.2) is 0 Å². The summed E-state index contributed by atoms with van der Waals surface area (Å²) in [7, 11) is 0. The van der Waals surface area contributed by atoms with E-state index in [9.17, 15) is 8.78 Å². The highest BCUT2D eigenvalue weighted by Crippen LogP contribution is 2.28. The van der Waals surface area contributed by atoms with E-state index >= 15 is 0 Å². The lowest BCUT2D eigenvalue weighted by atomic mass is 10.1. The van der Waals surface area contributed by atoms with Crippen LogP contribution in [0.2, 0.25) is 0 Å². The van der Waals surface area contributed by atoms with Gasteiger partial charge in [-0.2, -0.15) is 0 Å². The van der Waals surface area contributed by atoms with Gasteiger partial charge in [0.05, 0.1) is 6.04 Å². The van der Waals surface area contributed by atoms with Crippen LogP contribution in [0.1, 0.15) is 12.8 Å². The Morgan fingerprint density at radius 2 is 2.30 bits per heavy atom. The summed E-state index contributed by atoms with van der Waals surface area (Å²) >= 11 is 0. The number of alkyl halides is 2. The van der Waals surface area contributed by atoms with E-state index in [2.05, 4.69) is 5.32 Å². The molecule has 1 atom stereocenters. The number of hydrogen-bond acceptors (Lipinski definition) is 2. The number of rotatable bonds is 2. The van der Waals surface area contributed by atoms with Crippen LogP contribution in [0.15, 0.2) is 0 Å². The van der Waals surface area contributed by atoms with Crippen molar-refractivity contribution in [3.8, 4) is 0 Å². The molecule has 0 aromatic rings. The van der Waals surface area contributed by atoms with E-state index in [1.807, 2.05) is 0 Å². The van der Waals surface area contributed by atoms with Crippen molar-refractivity contribution in [1.82, 2.24) is 5.32 Å². The molecule has 1 saturated heterocycles. The molecule has 0 amide bonds. The third-order valence-corrected chi connectivity index (χ3v) is 1.81. The second-order valence-electron chi connectivity index (χ2n) is 2.60. The minimum Gasteiger partial charge on any atom is -0.330 e. The Bertz CT molecular complexity index is 116. The lowest BCUT2D eigenvalue weighted by Gasteiger charge is -2.17. The van der Waals surface area contributed by atoms with Gasteiger partial charge in [0, 0.05) is 13.0 Å². The fraction of sp³-hybridized carbons (Fsp3) is 1.00. The van der Waals surface area contributed by atoms with Crippen molar-refractivity contribution in [3.05, 3.63) is 0 Å². The summed E-state index contributed by atoms with van der Waals surface area (Å²) in [6.07, 6.45) is 0.324. The standard InChI is InChI=1S/C6H12F2N2/c7-6(8)2-4-10-5(6)1-3-9/h5,10H,1-4,9H2. The second kappa shape index (κ2) is 2.80. The quantitative estimate of drug-likeness (QED) is 0.595. The van der Waals surface area contributed by atoms with Gasteiger partial charge in [0.2, 0.25) is 0 Å². The van der Waals surface area contributed by atoms with Crippen molar-refractivity contribution in [2.24, 2.45) is 5.73 Å². The number of nitrogens with one attached hydrogen (secondary N) is 1. The highest BCUT2D eigenvalue weighted by Gasteiger charge is 2.42. The van der Waals surface area contributed by atoms with Crippen LogP contribution in [0.25, 0.3) is 0 Å². The van der Waals surface area contributed by atoms with Gasteiger partial charge in [-0.05, 0) is 13.0 Å². The highest BCUT2D eigenvalue weighted by atomic mass is 19.3. The first-order valence-electron chi connectivity index (χ1n) is 3.48. The van der Waals surface area contributed by atoms with E-state index in [0.29, 0.717) is 19.5 Å². The summed E-state index contributed by atoms with van der Waals surface area (Å²) in [6.45, 7) is 0.741. The Labute approximate surface area is 58.8 Å². The molecule has 10 heavy (non-hydrogen) atoms. The summed E-state index contributed by atoms with van der Waals surface area (Å²) in [5.41, 5.74) is 5.16. The molecular formula is C6H12F2N2. The fourth-order valence-electron chi connectivity index (χ4n) is 1.22. The van der Waals surface area contributed by atoms with Crippen molar-refractivity contribution in [1.29, 1.82) is 0 Å². The van der Waals surface area contributed by atoms with Crippen LogP contribution in [0, 0.1) is 0 Å². The third kappa shape index (κ3) is 1.44. The molecule has 2 nitrogen and oxygen atoms in total. The van der Waals surface area contributed by atoms with Gasteiger partial charge in [0.1, 0.15) is 0 Å². The Morgan fingerprint density at radius 1 is 1.60 bits per heavy atom. The first kappa shape index (κ1) is 7.88. The van der Waals surface area contributed by atoms with Crippen LogP contribution in [0.3, 0.4) is 0 Å². The lowest BCUT2D eigenvalue weighted by molar-refractivity contribution is -0.0124. The average molecular weight is 150 g/mol. The number of nitrogens with two attached hydrogens (primary N) is 1. The molecule has 0 bridgehead atoms. The van der Waals surface area contributed by atoms with E-state index in [-0.39, 0.29) is 6.42 Å². The molecule has 0 radical (unpaired) electrons. The topological polar surface area (TPSA) is 38.0 Å². The van der Waals surface area contributed by atoms with Gasteiger partial charge in [-0.1, -0.05) is 0 Å². The predicted molar refractivity (Wildman–Crippen MR) is 35.0 cm³/mol. The van der Waals surface area contributed by atoms with Crippen LogP contribution >= 0.6 is 0 Å². The van der Waals surface area contributed by atoms with E-state index in [0.717, 1.165) is 0 Å². The third-order valence-electron chi connectivity index (χ3n) is 1.81. The molecule has 1 fully saturated rings. The smallest absolute Gasteiger partial charge is 0.264 e. The Hall–Kier alpha value is -0.220. The summed E-state index contributed by atoms with van der Waals surface area (Å²) in [4.78, 5) is 0. The first-order valence-corrected chi connectivity index (χ1v) is 3.48. The van der Waals surface area contributed by atoms with Gasteiger partial charge in [0.25, 0.3) is 5.92 Å².